The average molecular weight is 281 g/mol. The minimum atomic E-state index is -3.48. The van der Waals surface area contributed by atoms with Crippen molar-refractivity contribution in [2.45, 2.75) is 31.1 Å². The number of ether oxygens (including phenoxy) is 1. The molecule has 0 aliphatic carbocycles. The highest BCUT2D eigenvalue weighted by molar-refractivity contribution is 7.89. The number of nitrogens with zero attached hydrogens (tertiary/aromatic N) is 1. The summed E-state index contributed by atoms with van der Waals surface area (Å²) in [6, 6.07) is 7.12. The molecule has 104 valence electrons. The van der Waals surface area contributed by atoms with Gasteiger partial charge in [-0.15, -0.1) is 0 Å². The van der Waals surface area contributed by atoms with Gasteiger partial charge in [0.1, 0.15) is 6.61 Å². The maximum absolute atomic E-state index is 12.5. The minimum absolute atomic E-state index is 0.0770. The first-order valence-electron chi connectivity index (χ1n) is 6.22. The fourth-order valence-electron chi connectivity index (χ4n) is 1.85. The summed E-state index contributed by atoms with van der Waals surface area (Å²) < 4.78 is 31.3. The normalized spacial score (nSPS) is 16.3. The third kappa shape index (κ3) is 2.92. The monoisotopic (exact) mass is 281 g/mol. The molecule has 0 saturated carbocycles. The molecule has 0 saturated heterocycles. The Hall–Kier alpha value is -1.49. The van der Waals surface area contributed by atoms with Crippen LogP contribution in [0.25, 0.3) is 0 Å². The molecule has 0 radical (unpaired) electrons. The lowest BCUT2D eigenvalue weighted by Gasteiger charge is -2.24. The van der Waals surface area contributed by atoms with Gasteiger partial charge in [-0.3, -0.25) is 4.31 Å². The topological polar surface area (TPSA) is 46.6 Å². The summed E-state index contributed by atoms with van der Waals surface area (Å²) in [4.78, 5) is 0.325. The maximum Gasteiger partial charge on any atom is 0.264 e. The van der Waals surface area contributed by atoms with Crippen molar-refractivity contribution in [2.75, 3.05) is 13.2 Å². The number of hydrogen-bond donors (Lipinski definition) is 0. The van der Waals surface area contributed by atoms with Crippen LogP contribution in [0.15, 0.2) is 41.6 Å². The van der Waals surface area contributed by atoms with Gasteiger partial charge in [0.15, 0.2) is 0 Å². The predicted molar refractivity (Wildman–Crippen MR) is 74.1 cm³/mol. The summed E-state index contributed by atoms with van der Waals surface area (Å²) in [7, 11) is -3.48. The SMILES string of the molecule is CC(C)(C)c1cccc(S(=O)(=O)N2C=COCC2)c1. The van der Waals surface area contributed by atoms with Gasteiger partial charge in [-0.1, -0.05) is 32.9 Å². The van der Waals surface area contributed by atoms with Crippen LogP contribution in [0.3, 0.4) is 0 Å². The molecule has 0 spiro atoms. The van der Waals surface area contributed by atoms with E-state index < -0.39 is 10.0 Å². The molecule has 1 heterocycles. The van der Waals surface area contributed by atoms with E-state index >= 15 is 0 Å². The lowest BCUT2D eigenvalue weighted by Crippen LogP contribution is -2.31. The Morgan fingerprint density at radius 3 is 2.58 bits per heavy atom. The second kappa shape index (κ2) is 4.89. The summed E-state index contributed by atoms with van der Waals surface area (Å²) in [6.45, 7) is 6.92. The Bertz CT molecular complexity index is 585. The van der Waals surface area contributed by atoms with Crippen molar-refractivity contribution in [1.82, 2.24) is 4.31 Å². The Kier molecular flexibility index (Phi) is 3.58. The van der Waals surface area contributed by atoms with Crippen molar-refractivity contribution < 1.29 is 13.2 Å². The zero-order chi connectivity index (χ0) is 14.1. The number of benzene rings is 1. The minimum Gasteiger partial charge on any atom is -0.498 e. The fourth-order valence-corrected chi connectivity index (χ4v) is 3.18. The van der Waals surface area contributed by atoms with Crippen LogP contribution in [0.4, 0.5) is 0 Å². The molecular formula is C14H19NO3S. The van der Waals surface area contributed by atoms with Gasteiger partial charge in [0.05, 0.1) is 23.9 Å². The summed E-state index contributed by atoms with van der Waals surface area (Å²) in [5, 5.41) is 0. The van der Waals surface area contributed by atoms with Gasteiger partial charge in [0.2, 0.25) is 0 Å². The van der Waals surface area contributed by atoms with E-state index in [1.54, 1.807) is 18.2 Å². The fraction of sp³-hybridized carbons (Fsp3) is 0.429. The van der Waals surface area contributed by atoms with E-state index in [2.05, 4.69) is 20.8 Å². The third-order valence-corrected chi connectivity index (χ3v) is 4.83. The van der Waals surface area contributed by atoms with Crippen molar-refractivity contribution in [2.24, 2.45) is 0 Å². The molecule has 5 heteroatoms. The third-order valence-electron chi connectivity index (χ3n) is 3.06. The molecule has 0 unspecified atom stereocenters. The second-order valence-electron chi connectivity index (χ2n) is 5.55. The molecule has 1 aliphatic rings. The molecule has 0 aromatic heterocycles. The van der Waals surface area contributed by atoms with Gasteiger partial charge < -0.3 is 4.74 Å². The number of hydrogen-bond acceptors (Lipinski definition) is 3. The van der Waals surface area contributed by atoms with Crippen molar-refractivity contribution in [3.05, 3.63) is 42.3 Å². The van der Waals surface area contributed by atoms with Gasteiger partial charge in [-0.25, -0.2) is 8.42 Å². The van der Waals surface area contributed by atoms with Crippen LogP contribution < -0.4 is 0 Å². The van der Waals surface area contributed by atoms with Gasteiger partial charge in [-0.05, 0) is 23.1 Å². The molecule has 0 bridgehead atoms. The Morgan fingerprint density at radius 2 is 2.00 bits per heavy atom. The molecule has 2 rings (SSSR count). The Morgan fingerprint density at radius 1 is 1.26 bits per heavy atom. The van der Waals surface area contributed by atoms with Gasteiger partial charge >= 0.3 is 0 Å². The largest absolute Gasteiger partial charge is 0.498 e. The Labute approximate surface area is 114 Å². The van der Waals surface area contributed by atoms with Crippen LogP contribution in [0, 0.1) is 0 Å². The highest BCUT2D eigenvalue weighted by Gasteiger charge is 2.24. The summed E-state index contributed by atoms with van der Waals surface area (Å²) in [5.74, 6) is 0. The van der Waals surface area contributed by atoms with E-state index in [0.29, 0.717) is 18.0 Å². The average Bonchev–Trinajstić information content (AvgIpc) is 2.39. The van der Waals surface area contributed by atoms with Crippen molar-refractivity contribution >= 4 is 10.0 Å². The van der Waals surface area contributed by atoms with Crippen LogP contribution in [0.1, 0.15) is 26.3 Å². The van der Waals surface area contributed by atoms with Gasteiger partial charge in [0, 0.05) is 0 Å². The van der Waals surface area contributed by atoms with Crippen molar-refractivity contribution in [3.8, 4) is 0 Å². The second-order valence-corrected chi connectivity index (χ2v) is 7.44. The lowest BCUT2D eigenvalue weighted by molar-refractivity contribution is 0.207. The molecule has 0 atom stereocenters. The van der Waals surface area contributed by atoms with Crippen LogP contribution in [0.2, 0.25) is 0 Å². The molecule has 0 fully saturated rings. The predicted octanol–water partition coefficient (Wildman–Crippen LogP) is 2.48. The molecule has 0 amide bonds. The van der Waals surface area contributed by atoms with Gasteiger partial charge in [0.25, 0.3) is 10.0 Å². The molecular weight excluding hydrogens is 262 g/mol. The van der Waals surface area contributed by atoms with Crippen molar-refractivity contribution in [1.29, 1.82) is 0 Å². The Balaban J connectivity index is 2.41. The first-order chi connectivity index (χ1) is 8.82. The van der Waals surface area contributed by atoms with Crippen LogP contribution >= 0.6 is 0 Å². The summed E-state index contributed by atoms with van der Waals surface area (Å²) in [6.07, 6.45) is 2.87. The summed E-state index contributed by atoms with van der Waals surface area (Å²) >= 11 is 0. The van der Waals surface area contributed by atoms with E-state index in [-0.39, 0.29) is 5.41 Å². The molecule has 1 aliphatic heterocycles. The zero-order valence-corrected chi connectivity index (χ0v) is 12.3. The molecule has 4 nitrogen and oxygen atoms in total. The van der Waals surface area contributed by atoms with Gasteiger partial charge in [-0.2, -0.15) is 0 Å². The quantitative estimate of drug-likeness (QED) is 0.836. The first-order valence-corrected chi connectivity index (χ1v) is 7.66. The molecule has 1 aromatic carbocycles. The van der Waals surface area contributed by atoms with E-state index in [4.69, 9.17) is 4.74 Å². The van der Waals surface area contributed by atoms with E-state index in [9.17, 15) is 8.42 Å². The number of rotatable bonds is 2. The van der Waals surface area contributed by atoms with Crippen molar-refractivity contribution in [3.63, 3.8) is 0 Å². The first kappa shape index (κ1) is 13.9. The summed E-state index contributed by atoms with van der Waals surface area (Å²) in [5.41, 5.74) is 0.928. The standard InChI is InChI=1S/C14H19NO3S/c1-14(2,3)12-5-4-6-13(11-12)19(16,17)15-7-9-18-10-8-15/h4-7,9,11H,8,10H2,1-3H3. The highest BCUT2D eigenvalue weighted by Crippen LogP contribution is 2.26. The van der Waals surface area contributed by atoms with E-state index in [1.807, 2.05) is 6.07 Å². The maximum atomic E-state index is 12.5. The van der Waals surface area contributed by atoms with Crippen LogP contribution in [-0.2, 0) is 20.2 Å². The molecule has 1 aromatic rings. The van der Waals surface area contributed by atoms with Crippen LogP contribution in [0.5, 0.6) is 0 Å². The van der Waals surface area contributed by atoms with E-state index in [0.717, 1.165) is 5.56 Å². The number of sulfonamides is 1. The lowest BCUT2D eigenvalue weighted by atomic mass is 9.87. The smallest absolute Gasteiger partial charge is 0.264 e. The van der Waals surface area contributed by atoms with Crippen LogP contribution in [-0.4, -0.2) is 25.9 Å². The highest BCUT2D eigenvalue weighted by atomic mass is 32.2. The molecule has 0 N–H and O–H groups in total. The zero-order valence-electron chi connectivity index (χ0n) is 11.5. The molecule has 19 heavy (non-hydrogen) atoms. The van der Waals surface area contributed by atoms with E-state index in [1.165, 1.54) is 16.8 Å².